The van der Waals surface area contributed by atoms with Crippen LogP contribution in [-0.2, 0) is 32.4 Å². The Morgan fingerprint density at radius 2 is 1.52 bits per heavy atom. The molecule has 0 aromatic heterocycles. The Morgan fingerprint density at radius 1 is 1.00 bits per heavy atom. The second-order valence-electron chi connectivity index (χ2n) is 4.67. The predicted molar refractivity (Wildman–Crippen MR) is 82.1 cm³/mol. The van der Waals surface area contributed by atoms with E-state index in [0.29, 0.717) is 5.56 Å². The van der Waals surface area contributed by atoms with Crippen LogP contribution in [0.4, 0.5) is 0 Å². The number of hydrogen-bond acceptors (Lipinski definition) is 7. The molecule has 1 atom stereocenters. The van der Waals surface area contributed by atoms with Crippen molar-refractivity contribution in [3.8, 4) is 0 Å². The molecule has 126 valence electrons. The molecule has 1 aromatic rings. The van der Waals surface area contributed by atoms with Crippen molar-refractivity contribution in [1.29, 1.82) is 0 Å². The molecule has 23 heavy (non-hydrogen) atoms. The predicted octanol–water partition coefficient (Wildman–Crippen LogP) is 2.00. The van der Waals surface area contributed by atoms with Gasteiger partial charge in [-0.1, -0.05) is 37.3 Å². The van der Waals surface area contributed by atoms with E-state index < -0.39 is 32.8 Å². The first-order valence-electron chi connectivity index (χ1n) is 7.03. The van der Waals surface area contributed by atoms with E-state index in [2.05, 4.69) is 0 Å². The third-order valence-electron chi connectivity index (χ3n) is 2.84. The van der Waals surface area contributed by atoms with Crippen LogP contribution in [0, 0.1) is 0 Å². The number of benzene rings is 1. The zero-order valence-electron chi connectivity index (χ0n) is 13.5. The van der Waals surface area contributed by atoms with E-state index >= 15 is 0 Å². The standard InChI is InChI=1S/C15H20O7Si/c1-5-23(20-11(2)16,21-12(3)17)22-15(18)14(19-4)13-9-7-6-8-10-13/h6-10,14H,5H2,1-4H3. The summed E-state index contributed by atoms with van der Waals surface area (Å²) in [4.78, 5) is 35.0. The third kappa shape index (κ3) is 5.50. The Labute approximate surface area is 135 Å². The van der Waals surface area contributed by atoms with Gasteiger partial charge in [-0.25, -0.2) is 4.79 Å². The van der Waals surface area contributed by atoms with Crippen LogP contribution >= 0.6 is 0 Å². The van der Waals surface area contributed by atoms with Gasteiger partial charge >= 0.3 is 14.8 Å². The zero-order valence-corrected chi connectivity index (χ0v) is 14.5. The van der Waals surface area contributed by atoms with E-state index in [4.69, 9.17) is 18.0 Å². The highest BCUT2D eigenvalue weighted by atomic mass is 28.4. The lowest BCUT2D eigenvalue weighted by atomic mass is 10.1. The molecule has 7 nitrogen and oxygen atoms in total. The van der Waals surface area contributed by atoms with E-state index in [9.17, 15) is 14.4 Å². The zero-order chi connectivity index (χ0) is 17.5. The van der Waals surface area contributed by atoms with Gasteiger partial charge in [-0.05, 0) is 5.56 Å². The van der Waals surface area contributed by atoms with Crippen molar-refractivity contribution in [3.05, 3.63) is 35.9 Å². The molecular formula is C15H20O7Si. The molecule has 1 unspecified atom stereocenters. The third-order valence-corrected chi connectivity index (χ3v) is 5.41. The number of rotatable bonds is 7. The van der Waals surface area contributed by atoms with E-state index in [-0.39, 0.29) is 6.04 Å². The van der Waals surface area contributed by atoms with Gasteiger partial charge in [-0.2, -0.15) is 0 Å². The van der Waals surface area contributed by atoms with Gasteiger partial charge < -0.3 is 18.0 Å². The summed E-state index contributed by atoms with van der Waals surface area (Å²) in [7, 11) is -2.45. The minimum Gasteiger partial charge on any atom is -0.455 e. The molecular weight excluding hydrogens is 320 g/mol. The monoisotopic (exact) mass is 340 g/mol. The normalized spacial score (nSPS) is 12.2. The average molecular weight is 340 g/mol. The Balaban J connectivity index is 3.02. The van der Waals surface area contributed by atoms with Gasteiger partial charge in [0.05, 0.1) is 6.04 Å². The molecule has 0 fully saturated rings. The molecule has 0 aliphatic carbocycles. The highest BCUT2D eigenvalue weighted by molar-refractivity contribution is 6.65. The van der Waals surface area contributed by atoms with Crippen molar-refractivity contribution in [2.45, 2.75) is 32.9 Å². The largest absolute Gasteiger partial charge is 0.704 e. The van der Waals surface area contributed by atoms with Gasteiger partial charge in [0.25, 0.3) is 11.9 Å². The quantitative estimate of drug-likeness (QED) is 0.701. The van der Waals surface area contributed by atoms with Crippen molar-refractivity contribution >= 4 is 26.7 Å². The minimum atomic E-state index is -3.80. The van der Waals surface area contributed by atoms with Crippen molar-refractivity contribution in [1.82, 2.24) is 0 Å². The maximum atomic E-state index is 12.4. The molecule has 8 heteroatoms. The lowest BCUT2D eigenvalue weighted by Crippen LogP contribution is -2.50. The van der Waals surface area contributed by atoms with Crippen LogP contribution in [0.1, 0.15) is 32.4 Å². The Kier molecular flexibility index (Phi) is 6.92. The first-order chi connectivity index (χ1) is 10.8. The number of methoxy groups -OCH3 is 1. The van der Waals surface area contributed by atoms with Crippen LogP contribution in [0.25, 0.3) is 0 Å². The molecule has 0 bridgehead atoms. The number of carbonyl (C=O) groups excluding carboxylic acids is 3. The molecule has 0 saturated carbocycles. The molecule has 0 spiro atoms. The Hall–Kier alpha value is -2.19. The summed E-state index contributed by atoms with van der Waals surface area (Å²) in [6.07, 6.45) is -1.01. The van der Waals surface area contributed by atoms with Crippen LogP contribution in [0.3, 0.4) is 0 Å². The second-order valence-corrected chi connectivity index (χ2v) is 7.36. The Bertz CT molecular complexity index is 542. The smallest absolute Gasteiger partial charge is 0.455 e. The number of hydrogen-bond donors (Lipinski definition) is 0. The summed E-state index contributed by atoms with van der Waals surface area (Å²) in [5, 5.41) is 0. The second kappa shape index (κ2) is 8.44. The van der Waals surface area contributed by atoms with Crippen molar-refractivity contribution in [3.63, 3.8) is 0 Å². The van der Waals surface area contributed by atoms with Crippen molar-refractivity contribution < 1.29 is 32.4 Å². The van der Waals surface area contributed by atoms with Crippen LogP contribution in [0.5, 0.6) is 0 Å². The maximum Gasteiger partial charge on any atom is 0.704 e. The summed E-state index contributed by atoms with van der Waals surface area (Å²) in [6, 6.07) is 8.76. The minimum absolute atomic E-state index is 0.0725. The molecule has 0 aliphatic rings. The first kappa shape index (κ1) is 18.9. The maximum absolute atomic E-state index is 12.4. The Morgan fingerprint density at radius 3 is 1.91 bits per heavy atom. The van der Waals surface area contributed by atoms with Gasteiger partial charge in [-0.3, -0.25) is 9.59 Å². The SMILES string of the molecule is CC[Si](OC(C)=O)(OC(C)=O)OC(=O)C(OC)c1ccccc1. The van der Waals surface area contributed by atoms with Crippen LogP contribution < -0.4 is 0 Å². The molecule has 0 aliphatic heterocycles. The van der Waals surface area contributed by atoms with Crippen LogP contribution in [-0.4, -0.2) is 33.8 Å². The highest BCUT2D eigenvalue weighted by Crippen LogP contribution is 2.23. The molecule has 0 N–H and O–H groups in total. The lowest BCUT2D eigenvalue weighted by molar-refractivity contribution is -0.155. The fourth-order valence-corrected chi connectivity index (χ4v) is 3.77. The number of ether oxygens (including phenoxy) is 1. The number of carbonyl (C=O) groups is 3. The molecule has 0 radical (unpaired) electrons. The summed E-state index contributed by atoms with van der Waals surface area (Å²) >= 11 is 0. The molecule has 0 amide bonds. The fourth-order valence-electron chi connectivity index (χ4n) is 1.92. The molecule has 1 aromatic carbocycles. The average Bonchev–Trinajstić information content (AvgIpc) is 2.47. The van der Waals surface area contributed by atoms with E-state index in [1.54, 1.807) is 37.3 Å². The molecule has 1 rings (SSSR count). The van der Waals surface area contributed by atoms with Crippen LogP contribution in [0.15, 0.2) is 30.3 Å². The van der Waals surface area contributed by atoms with E-state index in [1.807, 2.05) is 0 Å². The fraction of sp³-hybridized carbons (Fsp3) is 0.400. The van der Waals surface area contributed by atoms with Gasteiger partial charge in [0.15, 0.2) is 6.10 Å². The topological polar surface area (TPSA) is 88.1 Å². The first-order valence-corrected chi connectivity index (χ1v) is 8.96. The van der Waals surface area contributed by atoms with Crippen molar-refractivity contribution in [2.24, 2.45) is 0 Å². The van der Waals surface area contributed by atoms with E-state index in [0.717, 1.165) is 13.8 Å². The summed E-state index contributed by atoms with van der Waals surface area (Å²) in [6.45, 7) is 3.91. The summed E-state index contributed by atoms with van der Waals surface area (Å²) in [5.41, 5.74) is 0.574. The lowest BCUT2D eigenvalue weighted by Gasteiger charge is -2.27. The summed E-state index contributed by atoms with van der Waals surface area (Å²) < 4.78 is 20.6. The highest BCUT2D eigenvalue weighted by Gasteiger charge is 2.51. The van der Waals surface area contributed by atoms with E-state index in [1.165, 1.54) is 7.11 Å². The summed E-state index contributed by atoms with van der Waals surface area (Å²) in [5.74, 6) is -2.17. The van der Waals surface area contributed by atoms with Crippen LogP contribution in [0.2, 0.25) is 6.04 Å². The van der Waals surface area contributed by atoms with Gasteiger partial charge in [0.2, 0.25) is 0 Å². The van der Waals surface area contributed by atoms with Gasteiger partial charge in [0.1, 0.15) is 0 Å². The van der Waals surface area contributed by atoms with Gasteiger partial charge in [0, 0.05) is 21.0 Å². The van der Waals surface area contributed by atoms with Crippen molar-refractivity contribution in [2.75, 3.05) is 7.11 Å². The molecule has 0 heterocycles. The molecule has 0 saturated heterocycles. The van der Waals surface area contributed by atoms with Gasteiger partial charge in [-0.15, -0.1) is 0 Å².